The van der Waals surface area contributed by atoms with E-state index in [9.17, 15) is 18.8 Å². The average molecular weight is 559 g/mol. The molecule has 7 heteroatoms. The Labute approximate surface area is 241 Å². The molecule has 1 spiro atoms. The molecule has 1 atom stereocenters. The quantitative estimate of drug-likeness (QED) is 0.260. The molecule has 0 saturated carbocycles. The molecule has 6 nitrogen and oxygen atoms in total. The molecule has 0 fully saturated rings. The number of para-hydroxylation sites is 1. The number of aryl methyl sites for hydroxylation is 3. The molecular weight excluding hydrogens is 531 g/mol. The van der Waals surface area contributed by atoms with Crippen LogP contribution in [-0.4, -0.2) is 16.7 Å². The molecule has 5 aromatic rings. The number of halogens is 1. The van der Waals surface area contributed by atoms with Crippen molar-refractivity contribution in [3.8, 4) is 0 Å². The van der Waals surface area contributed by atoms with Crippen LogP contribution >= 0.6 is 0 Å². The second-order valence-electron chi connectivity index (χ2n) is 11.2. The summed E-state index contributed by atoms with van der Waals surface area (Å²) in [5.74, 6) is -1.52. The zero-order valence-electron chi connectivity index (χ0n) is 23.4. The van der Waals surface area contributed by atoms with Crippen molar-refractivity contribution in [2.24, 2.45) is 0 Å². The Hall–Kier alpha value is -5.04. The number of carbonyl (C=O) groups is 2. The van der Waals surface area contributed by atoms with Gasteiger partial charge in [0.2, 0.25) is 5.76 Å². The van der Waals surface area contributed by atoms with Crippen molar-refractivity contribution in [2.75, 3.05) is 4.90 Å². The first-order valence-corrected chi connectivity index (χ1v) is 13.8. The Kier molecular flexibility index (Phi) is 5.70. The number of benzene rings is 4. The minimum absolute atomic E-state index is 0.0224. The van der Waals surface area contributed by atoms with E-state index in [1.807, 2.05) is 57.2 Å². The highest BCUT2D eigenvalue weighted by molar-refractivity contribution is 6.17. The van der Waals surface area contributed by atoms with Crippen molar-refractivity contribution in [1.29, 1.82) is 0 Å². The number of hydrogen-bond acceptors (Lipinski definition) is 4. The van der Waals surface area contributed by atoms with Gasteiger partial charge in [-0.15, -0.1) is 0 Å². The van der Waals surface area contributed by atoms with Crippen LogP contribution in [0.25, 0.3) is 11.0 Å². The molecule has 2 aliphatic heterocycles. The Morgan fingerprint density at radius 3 is 2.17 bits per heavy atom. The maximum Gasteiger partial charge on any atom is 0.291 e. The molecule has 2 amide bonds. The summed E-state index contributed by atoms with van der Waals surface area (Å²) in [5, 5.41) is 0.315. The molecule has 42 heavy (non-hydrogen) atoms. The third-order valence-corrected chi connectivity index (χ3v) is 8.57. The monoisotopic (exact) mass is 558 g/mol. The Morgan fingerprint density at radius 2 is 1.43 bits per heavy atom. The summed E-state index contributed by atoms with van der Waals surface area (Å²) in [6.45, 7) is 6.03. The zero-order chi connectivity index (χ0) is 29.3. The smallest absolute Gasteiger partial charge is 0.291 e. The van der Waals surface area contributed by atoms with Gasteiger partial charge in [0, 0.05) is 12.1 Å². The van der Waals surface area contributed by atoms with Gasteiger partial charge in [-0.3, -0.25) is 14.4 Å². The van der Waals surface area contributed by atoms with Crippen LogP contribution in [0.4, 0.5) is 10.1 Å². The maximum absolute atomic E-state index is 14.9. The summed E-state index contributed by atoms with van der Waals surface area (Å²) in [4.78, 5) is 46.7. The second kappa shape index (κ2) is 9.24. The molecule has 4 aromatic carbocycles. The van der Waals surface area contributed by atoms with Crippen molar-refractivity contribution in [1.82, 2.24) is 4.90 Å². The lowest BCUT2D eigenvalue weighted by molar-refractivity contribution is -0.126. The number of nitrogens with zero attached hydrogens (tertiary/aromatic N) is 2. The molecule has 0 aliphatic carbocycles. The van der Waals surface area contributed by atoms with Gasteiger partial charge in [0.1, 0.15) is 11.4 Å². The number of carbonyl (C=O) groups excluding carboxylic acids is 2. The van der Waals surface area contributed by atoms with Gasteiger partial charge >= 0.3 is 0 Å². The summed E-state index contributed by atoms with van der Waals surface area (Å²) in [7, 11) is 0. The Balaban J connectivity index is 1.51. The number of fused-ring (bicyclic) bond motifs is 5. The van der Waals surface area contributed by atoms with Gasteiger partial charge in [0.15, 0.2) is 11.0 Å². The predicted octanol–water partition coefficient (Wildman–Crippen LogP) is 6.30. The van der Waals surface area contributed by atoms with E-state index < -0.39 is 28.6 Å². The van der Waals surface area contributed by atoms with E-state index >= 15 is 0 Å². The van der Waals surface area contributed by atoms with Gasteiger partial charge in [-0.05, 0) is 73.4 Å². The summed E-state index contributed by atoms with van der Waals surface area (Å²) in [6.07, 6.45) is 0. The fourth-order valence-corrected chi connectivity index (χ4v) is 6.27. The topological polar surface area (TPSA) is 70.8 Å². The van der Waals surface area contributed by atoms with E-state index in [0.29, 0.717) is 27.8 Å². The first kappa shape index (κ1) is 25.9. The molecule has 208 valence electrons. The van der Waals surface area contributed by atoms with Crippen LogP contribution < -0.4 is 10.3 Å². The third kappa shape index (κ3) is 3.59. The number of rotatable bonds is 4. The largest absolute Gasteiger partial charge is 0.450 e. The van der Waals surface area contributed by atoms with Gasteiger partial charge in [-0.1, -0.05) is 60.2 Å². The van der Waals surface area contributed by atoms with Crippen LogP contribution in [0.15, 0.2) is 94.1 Å². The lowest BCUT2D eigenvalue weighted by Gasteiger charge is -2.34. The lowest BCUT2D eigenvalue weighted by Crippen LogP contribution is -2.52. The van der Waals surface area contributed by atoms with Crippen molar-refractivity contribution in [2.45, 2.75) is 39.4 Å². The molecular formula is C35H27FN2O4. The van der Waals surface area contributed by atoms with Crippen LogP contribution in [0.2, 0.25) is 0 Å². The Bertz CT molecular complexity index is 2000. The molecule has 2 aliphatic rings. The minimum Gasteiger partial charge on any atom is -0.450 e. The highest BCUT2D eigenvalue weighted by Crippen LogP contribution is 2.53. The minimum atomic E-state index is -1.75. The molecule has 0 N–H and O–H groups in total. The van der Waals surface area contributed by atoms with E-state index in [2.05, 4.69) is 0 Å². The van der Waals surface area contributed by atoms with E-state index in [1.165, 1.54) is 17.0 Å². The average Bonchev–Trinajstić information content (AvgIpc) is 3.37. The van der Waals surface area contributed by atoms with Crippen molar-refractivity contribution in [3.63, 3.8) is 0 Å². The number of amides is 2. The van der Waals surface area contributed by atoms with Crippen molar-refractivity contribution in [3.05, 3.63) is 146 Å². The standard InChI is InChI=1S/C35H27FN2O4/c1-20-8-10-23(11-9-20)18-37-28-7-5-4-6-27(28)35(34(37)41)30-31(39)26-16-21(2)22(3)17-29(26)42-32(30)33(40)38(35)19-24-12-14-25(36)15-13-24/h4-17H,18-19H2,1-3H3. The molecule has 3 heterocycles. The Morgan fingerprint density at radius 1 is 0.786 bits per heavy atom. The van der Waals surface area contributed by atoms with E-state index in [4.69, 9.17) is 4.42 Å². The van der Waals surface area contributed by atoms with Crippen molar-refractivity contribution < 1.29 is 18.4 Å². The highest BCUT2D eigenvalue weighted by Gasteiger charge is 2.65. The molecule has 0 saturated heterocycles. The molecule has 7 rings (SSSR count). The molecule has 0 bridgehead atoms. The molecule has 1 aromatic heterocycles. The van der Waals surface area contributed by atoms with Gasteiger partial charge in [0.25, 0.3) is 11.8 Å². The lowest BCUT2D eigenvalue weighted by atomic mass is 9.83. The summed E-state index contributed by atoms with van der Waals surface area (Å²) < 4.78 is 20.0. The fraction of sp³-hybridized carbons (Fsp3) is 0.171. The van der Waals surface area contributed by atoms with Crippen molar-refractivity contribution >= 4 is 28.5 Å². The number of hydrogen-bond donors (Lipinski definition) is 0. The molecule has 0 radical (unpaired) electrons. The van der Waals surface area contributed by atoms with Gasteiger partial charge in [0.05, 0.1) is 23.2 Å². The van der Waals surface area contributed by atoms with Crippen LogP contribution in [0, 0.1) is 26.6 Å². The normalized spacial score (nSPS) is 17.4. The highest BCUT2D eigenvalue weighted by atomic mass is 19.1. The van der Waals surface area contributed by atoms with E-state index in [0.717, 1.165) is 22.3 Å². The summed E-state index contributed by atoms with van der Waals surface area (Å²) in [5.41, 5.74) is 3.74. The SMILES string of the molecule is Cc1ccc(CN2C(=O)C3(c4ccccc42)c2c(oc4cc(C)c(C)cc4c2=O)C(=O)N3Cc2ccc(F)cc2)cc1. The van der Waals surface area contributed by atoms with Gasteiger partial charge in [-0.2, -0.15) is 0 Å². The van der Waals surface area contributed by atoms with Crippen LogP contribution in [0.3, 0.4) is 0 Å². The van der Waals surface area contributed by atoms with Crippen LogP contribution in [0.1, 0.15) is 49.5 Å². The number of anilines is 1. The molecule has 1 unspecified atom stereocenters. The first-order valence-electron chi connectivity index (χ1n) is 13.8. The zero-order valence-corrected chi connectivity index (χ0v) is 23.4. The van der Waals surface area contributed by atoms with E-state index in [-0.39, 0.29) is 24.4 Å². The first-order chi connectivity index (χ1) is 20.2. The van der Waals surface area contributed by atoms with Crippen LogP contribution in [0.5, 0.6) is 0 Å². The van der Waals surface area contributed by atoms with Crippen LogP contribution in [-0.2, 0) is 23.4 Å². The van der Waals surface area contributed by atoms with Gasteiger partial charge in [-0.25, -0.2) is 4.39 Å². The summed E-state index contributed by atoms with van der Waals surface area (Å²) in [6, 6.07) is 24.5. The summed E-state index contributed by atoms with van der Waals surface area (Å²) >= 11 is 0. The maximum atomic E-state index is 14.9. The predicted molar refractivity (Wildman–Crippen MR) is 158 cm³/mol. The van der Waals surface area contributed by atoms with Gasteiger partial charge < -0.3 is 14.2 Å². The fourth-order valence-electron chi connectivity index (χ4n) is 6.27. The third-order valence-electron chi connectivity index (χ3n) is 8.57. The van der Waals surface area contributed by atoms with E-state index in [1.54, 1.807) is 41.3 Å². The second-order valence-corrected chi connectivity index (χ2v) is 11.2.